The van der Waals surface area contributed by atoms with Crippen molar-refractivity contribution in [2.24, 2.45) is 0 Å². The number of nitrogens with one attached hydrogen (secondary N) is 2. The van der Waals surface area contributed by atoms with Gasteiger partial charge in [-0.3, -0.25) is 0 Å². The molecule has 5 aliphatic rings. The molecule has 2 aliphatic carbocycles. The number of hydrogen-bond acceptors (Lipinski definition) is 4. The summed E-state index contributed by atoms with van der Waals surface area (Å²) in [7, 11) is -3.86. The van der Waals surface area contributed by atoms with Crippen LogP contribution in [0.4, 0.5) is 10.5 Å². The minimum atomic E-state index is -3.86. The molecule has 7 nitrogen and oxygen atoms in total. The number of urea groups is 1. The number of piperidine rings is 1. The first kappa shape index (κ1) is 20.9. The van der Waals surface area contributed by atoms with Crippen LogP contribution in [0.15, 0.2) is 6.07 Å². The first-order chi connectivity index (χ1) is 15.5. The Labute approximate surface area is 191 Å². The highest BCUT2D eigenvalue weighted by Gasteiger charge is 2.48. The minimum Gasteiger partial charge on any atom is -0.307 e. The number of carbonyl (C=O) groups excluding carboxylic acids is 1. The van der Waals surface area contributed by atoms with Crippen molar-refractivity contribution in [3.8, 4) is 0 Å². The van der Waals surface area contributed by atoms with Crippen LogP contribution in [0.5, 0.6) is 0 Å². The van der Waals surface area contributed by atoms with Crippen LogP contribution in [0, 0.1) is 0 Å². The van der Waals surface area contributed by atoms with Gasteiger partial charge in [0.1, 0.15) is 0 Å². The first-order valence-electron chi connectivity index (χ1n) is 12.5. The molecule has 3 fully saturated rings. The molecule has 2 N–H and O–H groups in total. The third kappa shape index (κ3) is 3.55. The van der Waals surface area contributed by atoms with Crippen molar-refractivity contribution >= 4 is 21.9 Å². The number of nitrogens with zero attached hydrogens (tertiary/aromatic N) is 2. The molecule has 8 heteroatoms. The maximum absolute atomic E-state index is 13.3. The Morgan fingerprint density at radius 3 is 2.03 bits per heavy atom. The van der Waals surface area contributed by atoms with Crippen molar-refractivity contribution in [1.29, 1.82) is 0 Å². The molecule has 1 unspecified atom stereocenters. The van der Waals surface area contributed by atoms with E-state index in [9.17, 15) is 13.2 Å². The highest BCUT2D eigenvalue weighted by Crippen LogP contribution is 2.41. The Bertz CT molecular complexity index is 988. The first-order valence-corrected chi connectivity index (χ1v) is 14.0. The van der Waals surface area contributed by atoms with E-state index in [0.29, 0.717) is 6.04 Å². The zero-order valence-corrected chi connectivity index (χ0v) is 19.6. The average Bonchev–Trinajstić information content (AvgIpc) is 3.54. The van der Waals surface area contributed by atoms with Crippen LogP contribution < -0.4 is 10.0 Å². The second kappa shape index (κ2) is 7.99. The van der Waals surface area contributed by atoms with E-state index in [1.54, 1.807) is 4.31 Å². The molecular formula is C24H34N4O3S. The molecule has 1 aromatic rings. The predicted octanol–water partition coefficient (Wildman–Crippen LogP) is 3.12. The molecule has 0 saturated carbocycles. The van der Waals surface area contributed by atoms with E-state index in [1.807, 2.05) is 0 Å². The zero-order valence-electron chi connectivity index (χ0n) is 18.7. The maximum atomic E-state index is 13.3. The second-order valence-corrected chi connectivity index (χ2v) is 12.0. The molecule has 174 valence electrons. The van der Waals surface area contributed by atoms with E-state index in [1.165, 1.54) is 35.1 Å². The van der Waals surface area contributed by atoms with Gasteiger partial charge < -0.3 is 10.2 Å². The van der Waals surface area contributed by atoms with Gasteiger partial charge in [0.2, 0.25) is 0 Å². The van der Waals surface area contributed by atoms with Gasteiger partial charge >= 0.3 is 16.2 Å². The van der Waals surface area contributed by atoms with Gasteiger partial charge in [0.15, 0.2) is 0 Å². The van der Waals surface area contributed by atoms with Gasteiger partial charge in [0.25, 0.3) is 0 Å². The van der Waals surface area contributed by atoms with Crippen LogP contribution in [0.3, 0.4) is 0 Å². The van der Waals surface area contributed by atoms with Gasteiger partial charge in [-0.1, -0.05) is 6.07 Å². The third-order valence-corrected chi connectivity index (χ3v) is 10.1. The van der Waals surface area contributed by atoms with Crippen LogP contribution >= 0.6 is 0 Å². The summed E-state index contributed by atoms with van der Waals surface area (Å²) in [5, 5.41) is 2.98. The number of likely N-dealkylation sites (tertiary alicyclic amines) is 1. The lowest BCUT2D eigenvalue weighted by atomic mass is 9.98. The Kier molecular flexibility index (Phi) is 5.23. The molecule has 32 heavy (non-hydrogen) atoms. The van der Waals surface area contributed by atoms with E-state index < -0.39 is 16.2 Å². The number of rotatable bonds is 4. The van der Waals surface area contributed by atoms with E-state index in [-0.39, 0.29) is 12.1 Å². The lowest BCUT2D eigenvalue weighted by Crippen LogP contribution is -2.56. The fraction of sp³-hybridized carbons (Fsp3) is 0.708. The fourth-order valence-electron chi connectivity index (χ4n) is 7.18. The summed E-state index contributed by atoms with van der Waals surface area (Å²) in [6.07, 6.45) is 12.3. The average molecular weight is 459 g/mol. The van der Waals surface area contributed by atoms with Crippen molar-refractivity contribution in [2.45, 2.75) is 95.2 Å². The second-order valence-electron chi connectivity index (χ2n) is 10.4. The molecule has 2 amide bonds. The summed E-state index contributed by atoms with van der Waals surface area (Å²) >= 11 is 0. The van der Waals surface area contributed by atoms with Gasteiger partial charge in [-0.15, -0.1) is 0 Å². The maximum Gasteiger partial charge on any atom is 0.333 e. The number of benzene rings is 1. The number of anilines is 1. The monoisotopic (exact) mass is 458 g/mol. The molecule has 3 heterocycles. The zero-order chi connectivity index (χ0) is 21.9. The van der Waals surface area contributed by atoms with Crippen LogP contribution in [0.25, 0.3) is 0 Å². The minimum absolute atomic E-state index is 0.00914. The van der Waals surface area contributed by atoms with Crippen molar-refractivity contribution < 1.29 is 13.2 Å². The van der Waals surface area contributed by atoms with E-state index in [4.69, 9.17) is 0 Å². The standard InChI is InChI=1S/C24H34N4O3S/c29-24(25-23-21-7-3-5-16(21)13-17-6-4-8-22(17)23)26-32(30,31)28-18-9-10-19(28)15-20(14-18)27-11-1-2-12-27/h13,18-20H,1-12,14-15H2,(H2,25,26,29)/t18-,19+,20?. The fourth-order valence-corrected chi connectivity index (χ4v) is 8.74. The molecular weight excluding hydrogens is 424 g/mol. The van der Waals surface area contributed by atoms with Crippen LogP contribution in [-0.4, -0.2) is 54.9 Å². The van der Waals surface area contributed by atoms with Gasteiger partial charge in [-0.25, -0.2) is 9.52 Å². The Morgan fingerprint density at radius 1 is 0.844 bits per heavy atom. The molecule has 1 aromatic carbocycles. The van der Waals surface area contributed by atoms with Crippen molar-refractivity contribution in [1.82, 2.24) is 13.9 Å². The summed E-state index contributed by atoms with van der Waals surface area (Å²) in [5.41, 5.74) is 5.96. The van der Waals surface area contributed by atoms with Crippen LogP contribution in [-0.2, 0) is 35.9 Å². The summed E-state index contributed by atoms with van der Waals surface area (Å²) in [6, 6.07) is 2.21. The van der Waals surface area contributed by atoms with Gasteiger partial charge in [0.05, 0.1) is 0 Å². The van der Waals surface area contributed by atoms with Crippen molar-refractivity contribution in [2.75, 3.05) is 18.4 Å². The molecule has 0 aromatic heterocycles. The largest absolute Gasteiger partial charge is 0.333 e. The Morgan fingerprint density at radius 2 is 1.44 bits per heavy atom. The summed E-state index contributed by atoms with van der Waals surface area (Å²) in [6.45, 7) is 2.28. The smallest absolute Gasteiger partial charge is 0.307 e. The lowest BCUT2D eigenvalue weighted by molar-refractivity contribution is 0.123. The summed E-state index contributed by atoms with van der Waals surface area (Å²) in [4.78, 5) is 15.5. The van der Waals surface area contributed by atoms with E-state index in [0.717, 1.165) is 83.0 Å². The molecule has 0 radical (unpaired) electrons. The molecule has 2 bridgehead atoms. The van der Waals surface area contributed by atoms with Crippen molar-refractivity contribution in [3.63, 3.8) is 0 Å². The van der Waals surface area contributed by atoms with Crippen LogP contribution in [0.1, 0.15) is 73.6 Å². The topological polar surface area (TPSA) is 81.8 Å². The SMILES string of the molecule is O=C(Nc1c2c(cc3c1CCC3)CCC2)NS(=O)(=O)N1[C@@H]2CC[C@H]1CC(N1CCCC1)C2. The Hall–Kier alpha value is -1.64. The third-order valence-electron chi connectivity index (χ3n) is 8.51. The molecule has 0 spiro atoms. The Balaban J connectivity index is 1.18. The summed E-state index contributed by atoms with van der Waals surface area (Å²) in [5.74, 6) is 0. The quantitative estimate of drug-likeness (QED) is 0.726. The van der Waals surface area contributed by atoms with E-state index in [2.05, 4.69) is 21.0 Å². The molecule has 6 rings (SSSR count). The number of fused-ring (bicyclic) bond motifs is 4. The lowest BCUT2D eigenvalue weighted by Gasteiger charge is -2.41. The normalized spacial score (nSPS) is 29.8. The highest BCUT2D eigenvalue weighted by molar-refractivity contribution is 7.87. The molecule has 3 atom stereocenters. The van der Waals surface area contributed by atoms with Gasteiger partial charge in [-0.2, -0.15) is 12.7 Å². The van der Waals surface area contributed by atoms with Gasteiger partial charge in [-0.05, 0) is 112 Å². The van der Waals surface area contributed by atoms with Crippen molar-refractivity contribution in [3.05, 3.63) is 28.3 Å². The van der Waals surface area contributed by atoms with Gasteiger partial charge in [0, 0.05) is 23.8 Å². The summed E-state index contributed by atoms with van der Waals surface area (Å²) < 4.78 is 30.6. The number of hydrogen-bond donors (Lipinski definition) is 2. The van der Waals surface area contributed by atoms with E-state index >= 15 is 0 Å². The highest BCUT2D eigenvalue weighted by atomic mass is 32.2. The molecule has 3 aliphatic heterocycles. The predicted molar refractivity (Wildman–Crippen MR) is 124 cm³/mol. The number of aryl methyl sites for hydroxylation is 2. The number of carbonyl (C=O) groups is 1. The molecule has 3 saturated heterocycles. The number of amides is 2. The van der Waals surface area contributed by atoms with Crippen LogP contribution in [0.2, 0.25) is 0 Å².